The van der Waals surface area contributed by atoms with E-state index in [1.54, 1.807) is 12.1 Å². The molecule has 2 rings (SSSR count). The highest BCUT2D eigenvalue weighted by molar-refractivity contribution is 5.74. The van der Waals surface area contributed by atoms with Crippen LogP contribution in [0.3, 0.4) is 0 Å². The minimum absolute atomic E-state index is 0.123. The molecular formula is C18H18O3. The average Bonchev–Trinajstić information content (AvgIpc) is 2.49. The van der Waals surface area contributed by atoms with E-state index < -0.39 is 5.97 Å². The van der Waals surface area contributed by atoms with Crippen LogP contribution in [0.4, 0.5) is 0 Å². The zero-order valence-electron chi connectivity index (χ0n) is 12.0. The molecule has 108 valence electrons. The maximum absolute atomic E-state index is 11.8. The normalized spacial score (nSPS) is 9.95. The molecule has 0 bridgehead atoms. The molecular weight excluding hydrogens is 264 g/mol. The maximum atomic E-state index is 11.8. The Morgan fingerprint density at radius 1 is 1.10 bits per heavy atom. The van der Waals surface area contributed by atoms with E-state index in [1.807, 2.05) is 49.4 Å². The molecule has 0 aliphatic carbocycles. The van der Waals surface area contributed by atoms with E-state index in [0.29, 0.717) is 17.9 Å². The number of hydrogen-bond donors (Lipinski definition) is 0. The minimum Gasteiger partial charge on any atom is -0.482 e. The third-order valence-electron chi connectivity index (χ3n) is 3.00. The van der Waals surface area contributed by atoms with Crippen molar-refractivity contribution in [2.75, 3.05) is 6.61 Å². The first-order valence-electron chi connectivity index (χ1n) is 6.78. The first kappa shape index (κ1) is 14.9. The van der Waals surface area contributed by atoms with Gasteiger partial charge in [0.15, 0.2) is 6.61 Å². The van der Waals surface area contributed by atoms with Crippen molar-refractivity contribution in [2.24, 2.45) is 0 Å². The van der Waals surface area contributed by atoms with Crippen LogP contribution in [0, 0.1) is 6.92 Å². The molecule has 21 heavy (non-hydrogen) atoms. The lowest BCUT2D eigenvalue weighted by Crippen LogP contribution is -2.18. The highest BCUT2D eigenvalue weighted by Gasteiger charge is 2.09. The molecule has 0 N–H and O–H groups in total. The third kappa shape index (κ3) is 4.21. The van der Waals surface area contributed by atoms with Gasteiger partial charge in [-0.25, -0.2) is 4.79 Å². The van der Waals surface area contributed by atoms with Crippen LogP contribution in [0.2, 0.25) is 0 Å². The summed E-state index contributed by atoms with van der Waals surface area (Å²) in [4.78, 5) is 11.8. The molecule has 3 nitrogen and oxygen atoms in total. The molecule has 0 spiro atoms. The van der Waals surface area contributed by atoms with Crippen LogP contribution in [0.15, 0.2) is 61.2 Å². The van der Waals surface area contributed by atoms with Crippen LogP contribution < -0.4 is 9.47 Å². The summed E-state index contributed by atoms with van der Waals surface area (Å²) in [6.45, 7) is 5.48. The molecule has 2 aromatic rings. The summed E-state index contributed by atoms with van der Waals surface area (Å²) in [5, 5.41) is 0. The van der Waals surface area contributed by atoms with Gasteiger partial charge in [0.1, 0.15) is 11.5 Å². The summed E-state index contributed by atoms with van der Waals surface area (Å²) in [6, 6.07) is 15.0. The zero-order chi connectivity index (χ0) is 15.1. The highest BCUT2D eigenvalue weighted by Crippen LogP contribution is 2.19. The van der Waals surface area contributed by atoms with E-state index in [2.05, 4.69) is 6.58 Å². The molecule has 0 saturated carbocycles. The molecule has 2 aromatic carbocycles. The summed E-state index contributed by atoms with van der Waals surface area (Å²) >= 11 is 0. The molecule has 0 aromatic heterocycles. The van der Waals surface area contributed by atoms with Crippen LogP contribution in [0.5, 0.6) is 11.5 Å². The summed E-state index contributed by atoms with van der Waals surface area (Å²) in [6.07, 6.45) is 2.50. The van der Waals surface area contributed by atoms with Crippen molar-refractivity contribution in [3.05, 3.63) is 72.3 Å². The van der Waals surface area contributed by atoms with E-state index in [-0.39, 0.29) is 6.61 Å². The number of hydrogen-bond acceptors (Lipinski definition) is 3. The number of ether oxygens (including phenoxy) is 2. The number of esters is 1. The summed E-state index contributed by atoms with van der Waals surface area (Å²) in [5.41, 5.74) is 1.91. The Morgan fingerprint density at radius 3 is 2.48 bits per heavy atom. The first-order chi connectivity index (χ1) is 10.2. The van der Waals surface area contributed by atoms with Gasteiger partial charge in [0.2, 0.25) is 0 Å². The lowest BCUT2D eigenvalue weighted by molar-refractivity contribution is -0.136. The van der Waals surface area contributed by atoms with Gasteiger partial charge >= 0.3 is 5.97 Å². The van der Waals surface area contributed by atoms with Crippen LogP contribution >= 0.6 is 0 Å². The van der Waals surface area contributed by atoms with Crippen LogP contribution in [-0.4, -0.2) is 12.6 Å². The smallest absolute Gasteiger partial charge is 0.349 e. The summed E-state index contributed by atoms with van der Waals surface area (Å²) < 4.78 is 10.8. The second-order valence-electron chi connectivity index (χ2n) is 4.63. The molecule has 0 aliphatic rings. The van der Waals surface area contributed by atoms with E-state index in [1.165, 1.54) is 0 Å². The van der Waals surface area contributed by atoms with Crippen molar-refractivity contribution in [1.29, 1.82) is 0 Å². The minimum atomic E-state index is -0.419. The van der Waals surface area contributed by atoms with Gasteiger partial charge in [-0.1, -0.05) is 42.5 Å². The van der Waals surface area contributed by atoms with E-state index in [4.69, 9.17) is 9.47 Å². The molecule has 3 heteroatoms. The summed E-state index contributed by atoms with van der Waals surface area (Å²) in [5.74, 6) is 0.822. The molecule has 0 amide bonds. The first-order valence-corrected chi connectivity index (χ1v) is 6.78. The fourth-order valence-corrected chi connectivity index (χ4v) is 1.93. The Balaban J connectivity index is 1.95. The van der Waals surface area contributed by atoms with Gasteiger partial charge < -0.3 is 9.47 Å². The second kappa shape index (κ2) is 7.29. The molecule has 0 aliphatic heterocycles. The molecule has 0 saturated heterocycles. The van der Waals surface area contributed by atoms with E-state index in [9.17, 15) is 4.79 Å². The Hall–Kier alpha value is -2.55. The maximum Gasteiger partial charge on any atom is 0.349 e. The molecule has 0 unspecified atom stereocenters. The van der Waals surface area contributed by atoms with Crippen molar-refractivity contribution < 1.29 is 14.3 Å². The zero-order valence-corrected chi connectivity index (χ0v) is 12.0. The molecule has 0 fully saturated rings. The average molecular weight is 282 g/mol. The number of aryl methyl sites for hydroxylation is 1. The summed E-state index contributed by atoms with van der Waals surface area (Å²) in [7, 11) is 0. The number of para-hydroxylation sites is 2. The molecule has 0 heterocycles. The highest BCUT2D eigenvalue weighted by atomic mass is 16.6. The Morgan fingerprint density at radius 2 is 1.76 bits per heavy atom. The van der Waals surface area contributed by atoms with Crippen molar-refractivity contribution in [2.45, 2.75) is 13.3 Å². The van der Waals surface area contributed by atoms with Crippen LogP contribution in [0.25, 0.3) is 0 Å². The van der Waals surface area contributed by atoms with Gasteiger partial charge in [0, 0.05) is 0 Å². The van der Waals surface area contributed by atoms with Crippen LogP contribution in [-0.2, 0) is 11.2 Å². The number of rotatable bonds is 6. The number of allylic oxidation sites excluding steroid dienone is 1. The Kier molecular flexibility index (Phi) is 5.16. The Labute approximate surface area is 124 Å². The van der Waals surface area contributed by atoms with Gasteiger partial charge in [-0.15, -0.1) is 6.58 Å². The topological polar surface area (TPSA) is 35.5 Å². The fraction of sp³-hybridized carbons (Fsp3) is 0.167. The van der Waals surface area contributed by atoms with Gasteiger partial charge in [-0.05, 0) is 36.6 Å². The van der Waals surface area contributed by atoms with Crippen molar-refractivity contribution in [1.82, 2.24) is 0 Å². The van der Waals surface area contributed by atoms with Crippen molar-refractivity contribution in [3.8, 4) is 11.5 Å². The number of carbonyl (C=O) groups is 1. The monoisotopic (exact) mass is 282 g/mol. The number of carbonyl (C=O) groups excluding carboxylic acids is 1. The van der Waals surface area contributed by atoms with Crippen molar-refractivity contribution >= 4 is 5.97 Å². The van der Waals surface area contributed by atoms with Crippen molar-refractivity contribution in [3.63, 3.8) is 0 Å². The standard InChI is InChI=1S/C18H18O3/c1-3-8-15-10-5-7-12-17(15)20-13-18(19)21-16-11-6-4-9-14(16)2/h3-7,9-12H,1,8,13H2,2H3. The lowest BCUT2D eigenvalue weighted by Gasteiger charge is -2.11. The predicted octanol–water partition coefficient (Wildman–Crippen LogP) is 3.71. The second-order valence-corrected chi connectivity index (χ2v) is 4.63. The predicted molar refractivity (Wildman–Crippen MR) is 82.7 cm³/mol. The van der Waals surface area contributed by atoms with Gasteiger partial charge in [-0.2, -0.15) is 0 Å². The van der Waals surface area contributed by atoms with Gasteiger partial charge in [0.25, 0.3) is 0 Å². The lowest BCUT2D eigenvalue weighted by atomic mass is 10.1. The number of benzene rings is 2. The Bertz CT molecular complexity index is 632. The SMILES string of the molecule is C=CCc1ccccc1OCC(=O)Oc1ccccc1C. The van der Waals surface area contributed by atoms with Gasteiger partial charge in [-0.3, -0.25) is 0 Å². The molecule has 0 atom stereocenters. The molecule has 0 radical (unpaired) electrons. The third-order valence-corrected chi connectivity index (χ3v) is 3.00. The van der Waals surface area contributed by atoms with Crippen LogP contribution in [0.1, 0.15) is 11.1 Å². The fourth-order valence-electron chi connectivity index (χ4n) is 1.93. The van der Waals surface area contributed by atoms with E-state index in [0.717, 1.165) is 11.1 Å². The largest absolute Gasteiger partial charge is 0.482 e. The van der Waals surface area contributed by atoms with Gasteiger partial charge in [0.05, 0.1) is 0 Å². The quantitative estimate of drug-likeness (QED) is 0.460. The van der Waals surface area contributed by atoms with E-state index >= 15 is 0 Å².